The van der Waals surface area contributed by atoms with Crippen molar-refractivity contribution in [2.24, 2.45) is 0 Å². The minimum absolute atomic E-state index is 0.592. The average Bonchev–Trinajstić information content (AvgIpc) is 2.47. The number of rotatable bonds is 5. The molecule has 4 heteroatoms. The molecule has 2 aromatic carbocycles. The van der Waals surface area contributed by atoms with Gasteiger partial charge in [-0.2, -0.15) is 0 Å². The lowest BCUT2D eigenvalue weighted by Crippen LogP contribution is -1.96. The third-order valence-corrected chi connectivity index (χ3v) is 3.15. The van der Waals surface area contributed by atoms with Gasteiger partial charge >= 0.3 is 5.97 Å². The van der Waals surface area contributed by atoms with Crippen LogP contribution in [0.25, 0.3) is 5.57 Å². The Hall–Kier alpha value is -2.26. The minimum atomic E-state index is -0.992. The second-order valence-electron chi connectivity index (χ2n) is 4.36. The average molecular weight is 303 g/mol. The van der Waals surface area contributed by atoms with E-state index < -0.39 is 5.97 Å². The van der Waals surface area contributed by atoms with Crippen LogP contribution in [0, 0.1) is 0 Å². The molecule has 0 aromatic heterocycles. The number of benzene rings is 2. The van der Waals surface area contributed by atoms with Crippen LogP contribution < -0.4 is 4.74 Å². The van der Waals surface area contributed by atoms with Gasteiger partial charge in [0.25, 0.3) is 0 Å². The Morgan fingerprint density at radius 2 is 1.62 bits per heavy atom. The predicted molar refractivity (Wildman–Crippen MR) is 83.8 cm³/mol. The van der Waals surface area contributed by atoms with Crippen LogP contribution in [0.15, 0.2) is 54.6 Å². The molecule has 0 aliphatic rings. The van der Waals surface area contributed by atoms with Crippen molar-refractivity contribution in [3.8, 4) is 5.75 Å². The van der Waals surface area contributed by atoms with Crippen molar-refractivity contribution in [1.29, 1.82) is 0 Å². The van der Waals surface area contributed by atoms with E-state index in [1.165, 1.54) is 6.08 Å². The van der Waals surface area contributed by atoms with E-state index in [-0.39, 0.29) is 0 Å². The fourth-order valence-electron chi connectivity index (χ4n) is 1.98. The molecule has 0 amide bonds. The molecule has 0 bridgehead atoms. The van der Waals surface area contributed by atoms with Gasteiger partial charge in [0.1, 0.15) is 5.75 Å². The maximum Gasteiger partial charge on any atom is 0.328 e. The molecule has 0 spiro atoms. The van der Waals surface area contributed by atoms with Crippen molar-refractivity contribution in [3.63, 3.8) is 0 Å². The highest BCUT2D eigenvalue weighted by Gasteiger charge is 2.08. The van der Waals surface area contributed by atoms with Crippen LogP contribution in [0.5, 0.6) is 5.75 Å². The smallest absolute Gasteiger partial charge is 0.328 e. The maximum atomic E-state index is 11.1. The lowest BCUT2D eigenvalue weighted by atomic mass is 9.97. The van der Waals surface area contributed by atoms with Crippen molar-refractivity contribution in [3.05, 3.63) is 70.8 Å². The highest BCUT2D eigenvalue weighted by atomic mass is 35.5. The summed E-state index contributed by atoms with van der Waals surface area (Å²) in [7, 11) is 0. The molecule has 3 nitrogen and oxygen atoms in total. The lowest BCUT2D eigenvalue weighted by Gasteiger charge is -2.09. The summed E-state index contributed by atoms with van der Waals surface area (Å²) in [4.78, 5) is 11.1. The first-order chi connectivity index (χ1) is 10.1. The van der Waals surface area contributed by atoms with Gasteiger partial charge in [-0.3, -0.25) is 0 Å². The molecule has 0 heterocycles. The van der Waals surface area contributed by atoms with Gasteiger partial charge in [-0.05, 0) is 47.9 Å². The summed E-state index contributed by atoms with van der Waals surface area (Å²) in [6.07, 6.45) is 1.19. The first kappa shape index (κ1) is 15.1. The summed E-state index contributed by atoms with van der Waals surface area (Å²) < 4.78 is 5.39. The fraction of sp³-hybridized carbons (Fsp3) is 0.118. The number of carbonyl (C=O) groups is 1. The Labute approximate surface area is 128 Å². The Balaban J connectivity index is 2.41. The van der Waals surface area contributed by atoms with Crippen LogP contribution in [0.2, 0.25) is 5.02 Å². The number of carboxylic acids is 1. The zero-order valence-corrected chi connectivity index (χ0v) is 12.3. The van der Waals surface area contributed by atoms with Crippen LogP contribution in [-0.2, 0) is 4.79 Å². The first-order valence-electron chi connectivity index (χ1n) is 6.54. The van der Waals surface area contributed by atoms with Crippen molar-refractivity contribution in [2.75, 3.05) is 6.61 Å². The number of ether oxygens (including phenoxy) is 1. The summed E-state index contributed by atoms with van der Waals surface area (Å²) >= 11 is 5.87. The molecular formula is C17H15ClO3. The largest absolute Gasteiger partial charge is 0.494 e. The van der Waals surface area contributed by atoms with Gasteiger partial charge in [-0.25, -0.2) is 4.79 Å². The number of aliphatic carboxylic acids is 1. The molecule has 2 rings (SSSR count). The normalized spacial score (nSPS) is 11.2. The molecule has 0 unspecified atom stereocenters. The van der Waals surface area contributed by atoms with E-state index in [0.717, 1.165) is 16.9 Å². The monoisotopic (exact) mass is 302 g/mol. The Bertz CT molecular complexity index is 643. The number of hydrogen-bond donors (Lipinski definition) is 1. The SMILES string of the molecule is CCOc1ccc(/C(=C/C(=O)O)c2ccc(Cl)cc2)cc1. The van der Waals surface area contributed by atoms with Gasteiger partial charge in [-0.1, -0.05) is 35.9 Å². The van der Waals surface area contributed by atoms with E-state index in [1.807, 2.05) is 31.2 Å². The zero-order valence-electron chi connectivity index (χ0n) is 11.5. The molecule has 0 saturated carbocycles. The Morgan fingerprint density at radius 1 is 1.10 bits per heavy atom. The van der Waals surface area contributed by atoms with Crippen molar-refractivity contribution >= 4 is 23.1 Å². The number of halogens is 1. The molecule has 0 atom stereocenters. The van der Waals surface area contributed by atoms with E-state index in [9.17, 15) is 4.79 Å². The molecule has 2 aromatic rings. The van der Waals surface area contributed by atoms with Gasteiger partial charge in [0.15, 0.2) is 0 Å². The molecule has 0 aliphatic heterocycles. The first-order valence-corrected chi connectivity index (χ1v) is 6.91. The third kappa shape index (κ3) is 4.10. The third-order valence-electron chi connectivity index (χ3n) is 2.90. The molecule has 0 radical (unpaired) electrons. The summed E-state index contributed by atoms with van der Waals surface area (Å²) in [6, 6.07) is 14.4. The van der Waals surface area contributed by atoms with Gasteiger partial charge in [0.05, 0.1) is 6.61 Å². The lowest BCUT2D eigenvalue weighted by molar-refractivity contribution is -0.131. The second-order valence-corrected chi connectivity index (χ2v) is 4.80. The van der Waals surface area contributed by atoms with Gasteiger partial charge in [-0.15, -0.1) is 0 Å². The molecule has 0 aliphatic carbocycles. The van der Waals surface area contributed by atoms with Crippen LogP contribution >= 0.6 is 11.6 Å². The quantitative estimate of drug-likeness (QED) is 0.840. The Morgan fingerprint density at radius 3 is 2.10 bits per heavy atom. The summed E-state index contributed by atoms with van der Waals surface area (Å²) in [5, 5.41) is 9.68. The van der Waals surface area contributed by atoms with E-state index in [4.69, 9.17) is 21.4 Å². The maximum absolute atomic E-state index is 11.1. The predicted octanol–water partition coefficient (Wildman–Crippen LogP) is 4.26. The molecule has 1 N–H and O–H groups in total. The van der Waals surface area contributed by atoms with E-state index >= 15 is 0 Å². The molecule has 0 saturated heterocycles. The van der Waals surface area contributed by atoms with Gasteiger partial charge < -0.3 is 9.84 Å². The van der Waals surface area contributed by atoms with E-state index in [1.54, 1.807) is 24.3 Å². The van der Waals surface area contributed by atoms with Crippen LogP contribution in [0.1, 0.15) is 18.1 Å². The summed E-state index contributed by atoms with van der Waals surface area (Å²) in [5.41, 5.74) is 2.23. The van der Waals surface area contributed by atoms with E-state index in [0.29, 0.717) is 17.2 Å². The van der Waals surface area contributed by atoms with Crippen molar-refractivity contribution < 1.29 is 14.6 Å². The topological polar surface area (TPSA) is 46.5 Å². The van der Waals surface area contributed by atoms with Crippen LogP contribution in [0.4, 0.5) is 0 Å². The summed E-state index contributed by atoms with van der Waals surface area (Å²) in [6.45, 7) is 2.51. The molecule has 0 fully saturated rings. The second kappa shape index (κ2) is 6.95. The standard InChI is InChI=1S/C17H15ClO3/c1-2-21-15-9-5-13(6-10-15)16(11-17(19)20)12-3-7-14(18)8-4-12/h3-11H,2H2,1H3,(H,19,20)/b16-11+. The van der Waals surface area contributed by atoms with Gasteiger partial charge in [0.2, 0.25) is 0 Å². The summed E-state index contributed by atoms with van der Waals surface area (Å²) in [5.74, 6) is -0.235. The zero-order chi connectivity index (χ0) is 15.2. The van der Waals surface area contributed by atoms with Crippen LogP contribution in [-0.4, -0.2) is 17.7 Å². The number of hydrogen-bond acceptors (Lipinski definition) is 2. The highest BCUT2D eigenvalue weighted by molar-refractivity contribution is 6.30. The molecule has 21 heavy (non-hydrogen) atoms. The fourth-order valence-corrected chi connectivity index (χ4v) is 2.11. The van der Waals surface area contributed by atoms with Gasteiger partial charge in [0, 0.05) is 11.1 Å². The van der Waals surface area contributed by atoms with E-state index in [2.05, 4.69) is 0 Å². The van der Waals surface area contributed by atoms with Crippen molar-refractivity contribution in [1.82, 2.24) is 0 Å². The van der Waals surface area contributed by atoms with Crippen LogP contribution in [0.3, 0.4) is 0 Å². The minimum Gasteiger partial charge on any atom is -0.494 e. The molecule has 108 valence electrons. The Kier molecular flexibility index (Phi) is 5.01. The molecular weight excluding hydrogens is 288 g/mol. The highest BCUT2D eigenvalue weighted by Crippen LogP contribution is 2.26. The number of carboxylic acid groups (broad SMARTS) is 1. The van der Waals surface area contributed by atoms with Crippen molar-refractivity contribution in [2.45, 2.75) is 6.92 Å².